The zero-order valence-electron chi connectivity index (χ0n) is 24.2. The van der Waals surface area contributed by atoms with Crippen molar-refractivity contribution in [3.05, 3.63) is 70.6 Å². The van der Waals surface area contributed by atoms with Gasteiger partial charge in [-0.2, -0.15) is 0 Å². The van der Waals surface area contributed by atoms with Crippen LogP contribution in [0.15, 0.2) is 57.9 Å². The number of aryl methyl sites for hydroxylation is 2. The Morgan fingerprint density at radius 2 is 1.77 bits per heavy atom. The van der Waals surface area contributed by atoms with Crippen LogP contribution < -0.4 is 10.7 Å². The Hall–Kier alpha value is -3.60. The van der Waals surface area contributed by atoms with Crippen LogP contribution in [0.25, 0.3) is 33.4 Å². The first-order valence-electron chi connectivity index (χ1n) is 14.5. The van der Waals surface area contributed by atoms with E-state index in [1.807, 2.05) is 36.1 Å². The third-order valence-electron chi connectivity index (χ3n) is 8.28. The van der Waals surface area contributed by atoms with Crippen LogP contribution in [-0.2, 0) is 0 Å². The summed E-state index contributed by atoms with van der Waals surface area (Å²) in [5.41, 5.74) is 7.85. The van der Waals surface area contributed by atoms with E-state index in [0.717, 1.165) is 93.6 Å². The molecule has 5 nitrogen and oxygen atoms in total. The molecule has 1 saturated heterocycles. The van der Waals surface area contributed by atoms with Crippen molar-refractivity contribution >= 4 is 22.6 Å². The number of piperidine rings is 1. The summed E-state index contributed by atoms with van der Waals surface area (Å²) < 4.78 is 6.55. The molecule has 204 valence electrons. The zero-order valence-corrected chi connectivity index (χ0v) is 24.2. The highest BCUT2D eigenvalue weighted by Crippen LogP contribution is 2.43. The Morgan fingerprint density at radius 3 is 2.46 bits per heavy atom. The molecule has 1 N–H and O–H groups in total. The molecule has 39 heavy (non-hydrogen) atoms. The minimum absolute atomic E-state index is 0.116. The first-order chi connectivity index (χ1) is 18.8. The number of likely N-dealkylation sites (tertiary alicyclic amines) is 1. The van der Waals surface area contributed by atoms with Crippen molar-refractivity contribution in [1.82, 2.24) is 4.90 Å². The van der Waals surface area contributed by atoms with Gasteiger partial charge in [0.25, 0.3) is 5.91 Å². The molecule has 5 rings (SSSR count). The van der Waals surface area contributed by atoms with E-state index in [0.29, 0.717) is 18.4 Å². The van der Waals surface area contributed by atoms with Gasteiger partial charge in [-0.1, -0.05) is 32.0 Å². The number of carbonyl (C=O) groups is 1. The molecule has 0 atom stereocenters. The van der Waals surface area contributed by atoms with E-state index in [4.69, 9.17) is 9.41 Å². The van der Waals surface area contributed by atoms with Gasteiger partial charge in [0, 0.05) is 66.1 Å². The fourth-order valence-electron chi connectivity index (χ4n) is 6.03. The average molecular weight is 524 g/mol. The number of amides is 1. The van der Waals surface area contributed by atoms with Crippen LogP contribution in [0.2, 0.25) is 0 Å². The molecule has 1 fully saturated rings. The first-order valence-corrected chi connectivity index (χ1v) is 14.5. The Balaban J connectivity index is 1.73. The van der Waals surface area contributed by atoms with Gasteiger partial charge in [-0.25, -0.2) is 0 Å². The van der Waals surface area contributed by atoms with Gasteiger partial charge >= 0.3 is 0 Å². The van der Waals surface area contributed by atoms with Gasteiger partial charge in [0.15, 0.2) is 0 Å². The summed E-state index contributed by atoms with van der Waals surface area (Å²) in [6.45, 7) is 16.1. The van der Waals surface area contributed by atoms with E-state index in [9.17, 15) is 4.79 Å². The van der Waals surface area contributed by atoms with E-state index in [2.05, 4.69) is 64.2 Å². The van der Waals surface area contributed by atoms with Gasteiger partial charge < -0.3 is 14.6 Å². The van der Waals surface area contributed by atoms with Gasteiger partial charge in [-0.3, -0.25) is 9.79 Å². The summed E-state index contributed by atoms with van der Waals surface area (Å²) in [4.78, 5) is 20.8. The molecular formula is C34H41N3O2. The van der Waals surface area contributed by atoms with Gasteiger partial charge in [-0.05, 0) is 87.3 Å². The maximum Gasteiger partial charge on any atom is 0.254 e. The summed E-state index contributed by atoms with van der Waals surface area (Å²) in [5.74, 6) is 2.24. The molecule has 1 aliphatic carbocycles. The lowest BCUT2D eigenvalue weighted by molar-refractivity contribution is 0.0668. The van der Waals surface area contributed by atoms with E-state index in [1.165, 1.54) is 0 Å². The Labute approximate surface area is 232 Å². The summed E-state index contributed by atoms with van der Waals surface area (Å²) >= 11 is 0. The average Bonchev–Trinajstić information content (AvgIpc) is 2.93. The Morgan fingerprint density at radius 1 is 1.03 bits per heavy atom. The van der Waals surface area contributed by atoms with Gasteiger partial charge in [0.1, 0.15) is 11.3 Å². The topological polar surface area (TPSA) is 57.8 Å². The number of hydrogen-bond acceptors (Lipinski definition) is 4. The maximum atomic E-state index is 14.0. The van der Waals surface area contributed by atoms with Crippen LogP contribution in [0.5, 0.6) is 0 Å². The van der Waals surface area contributed by atoms with E-state index < -0.39 is 0 Å². The van der Waals surface area contributed by atoms with Gasteiger partial charge in [-0.15, -0.1) is 0 Å². The van der Waals surface area contributed by atoms with Crippen molar-refractivity contribution in [2.45, 2.75) is 54.4 Å². The van der Waals surface area contributed by atoms with Crippen LogP contribution in [-0.4, -0.2) is 37.0 Å². The number of nitrogens with zero attached hydrogens (tertiary/aromatic N) is 2. The Bertz CT molecular complexity index is 1540. The van der Waals surface area contributed by atoms with Crippen molar-refractivity contribution < 1.29 is 9.21 Å². The van der Waals surface area contributed by atoms with Crippen molar-refractivity contribution in [3.8, 4) is 22.5 Å². The van der Waals surface area contributed by atoms with E-state index >= 15 is 0 Å². The fraction of sp³-hybridized carbons (Fsp3) is 0.412. The normalized spacial score (nSPS) is 15.1. The molecule has 0 aromatic heterocycles. The second kappa shape index (κ2) is 11.3. The molecule has 0 spiro atoms. The SMILES string of the molecule is CC/N=c1\cc2oc3cc(NCC)c(C)cc3c(-c3ccccc3C(=O)N3CCC(C(C)C)CC3)c-2cc1C. The molecule has 5 heteroatoms. The van der Waals surface area contributed by atoms with Crippen LogP contribution in [0.3, 0.4) is 0 Å². The smallest absolute Gasteiger partial charge is 0.254 e. The lowest BCUT2D eigenvalue weighted by Crippen LogP contribution is -2.39. The number of nitrogens with one attached hydrogen (secondary N) is 1. The van der Waals surface area contributed by atoms with Gasteiger partial charge in [0.05, 0.1) is 5.36 Å². The van der Waals surface area contributed by atoms with Gasteiger partial charge in [0.2, 0.25) is 0 Å². The lowest BCUT2D eigenvalue weighted by Gasteiger charge is -2.34. The third kappa shape index (κ3) is 5.19. The summed E-state index contributed by atoms with van der Waals surface area (Å²) in [7, 11) is 0. The van der Waals surface area contributed by atoms with Crippen molar-refractivity contribution in [2.75, 3.05) is 31.5 Å². The minimum atomic E-state index is 0.116. The van der Waals surface area contributed by atoms with Crippen molar-refractivity contribution in [1.29, 1.82) is 0 Å². The largest absolute Gasteiger partial charge is 0.456 e. The fourth-order valence-corrected chi connectivity index (χ4v) is 6.03. The monoisotopic (exact) mass is 523 g/mol. The maximum absolute atomic E-state index is 14.0. The quantitative estimate of drug-likeness (QED) is 0.264. The molecule has 2 aromatic carbocycles. The Kier molecular flexibility index (Phi) is 7.79. The van der Waals surface area contributed by atoms with Crippen LogP contribution in [0, 0.1) is 25.7 Å². The highest BCUT2D eigenvalue weighted by Gasteiger charge is 2.28. The molecule has 0 radical (unpaired) electrons. The molecular weight excluding hydrogens is 482 g/mol. The second-order valence-electron chi connectivity index (χ2n) is 11.2. The van der Waals surface area contributed by atoms with Crippen molar-refractivity contribution in [3.63, 3.8) is 0 Å². The molecule has 2 aromatic rings. The summed E-state index contributed by atoms with van der Waals surface area (Å²) in [6.07, 6.45) is 2.13. The number of benzene rings is 3. The summed E-state index contributed by atoms with van der Waals surface area (Å²) in [6, 6.07) is 16.6. The standard InChI is InChI=1S/C34H41N3O2/c1-7-35-29-19-31-27(17-22(29)5)33(28-18-23(6)30(36-8-2)20-32(28)39-31)25-11-9-10-12-26(25)34(38)37-15-13-24(14-16-37)21(3)4/h9-12,17-21,24,35H,7-8,13-16H2,1-6H3/b36-30+. The molecule has 0 bridgehead atoms. The third-order valence-corrected chi connectivity index (χ3v) is 8.28. The van der Waals surface area contributed by atoms with Crippen LogP contribution in [0.1, 0.15) is 62.0 Å². The van der Waals surface area contributed by atoms with Crippen LogP contribution >= 0.6 is 0 Å². The zero-order chi connectivity index (χ0) is 27.7. The molecule has 2 heterocycles. The number of carbonyl (C=O) groups excluding carboxylic acids is 1. The predicted molar refractivity (Wildman–Crippen MR) is 161 cm³/mol. The number of hydrogen-bond donors (Lipinski definition) is 1. The molecule has 3 aliphatic rings. The molecule has 0 saturated carbocycles. The number of fused-ring (bicyclic) bond motifs is 2. The van der Waals surface area contributed by atoms with Crippen molar-refractivity contribution in [2.24, 2.45) is 16.8 Å². The predicted octanol–water partition coefficient (Wildman–Crippen LogP) is 7.68. The second-order valence-corrected chi connectivity index (χ2v) is 11.2. The highest BCUT2D eigenvalue weighted by atomic mass is 16.3. The first kappa shape index (κ1) is 27.0. The number of rotatable bonds is 6. The molecule has 0 unspecified atom stereocenters. The highest BCUT2D eigenvalue weighted by molar-refractivity contribution is 6.09. The van der Waals surface area contributed by atoms with E-state index in [-0.39, 0.29) is 5.91 Å². The lowest BCUT2D eigenvalue weighted by atomic mass is 9.86. The number of anilines is 1. The summed E-state index contributed by atoms with van der Waals surface area (Å²) in [5, 5.41) is 5.41. The molecule has 1 amide bonds. The minimum Gasteiger partial charge on any atom is -0.456 e. The molecule has 2 aliphatic heterocycles. The van der Waals surface area contributed by atoms with E-state index in [1.54, 1.807) is 0 Å². The van der Waals surface area contributed by atoms with Crippen LogP contribution in [0.4, 0.5) is 5.69 Å².